The van der Waals surface area contributed by atoms with Gasteiger partial charge in [0, 0.05) is 24.7 Å². The Balaban J connectivity index is 2.17. The quantitative estimate of drug-likeness (QED) is 0.776. The highest BCUT2D eigenvalue weighted by atomic mass is 35.5. The minimum absolute atomic E-state index is 0.0123. The molecular weight excluding hydrogens is 366 g/mol. The predicted molar refractivity (Wildman–Crippen MR) is 106 cm³/mol. The van der Waals surface area contributed by atoms with Gasteiger partial charge in [0.05, 0.1) is 6.04 Å². The first-order valence-electron chi connectivity index (χ1n) is 9.47. The Morgan fingerprint density at radius 3 is 2.44 bits per heavy atom. The lowest BCUT2D eigenvalue weighted by Crippen LogP contribution is -2.50. The summed E-state index contributed by atoms with van der Waals surface area (Å²) in [7, 11) is 0. The first kappa shape index (κ1) is 21.9. The average Bonchev–Trinajstić information content (AvgIpc) is 2.58. The number of hydrogen-bond acceptors (Lipinski definition) is 4. The molecule has 2 atom stereocenters. The summed E-state index contributed by atoms with van der Waals surface area (Å²) < 4.78 is 5.37. The summed E-state index contributed by atoms with van der Waals surface area (Å²) in [6.45, 7) is 8.81. The number of carbonyl (C=O) groups is 2. The third-order valence-electron chi connectivity index (χ3n) is 4.98. The molecule has 1 fully saturated rings. The summed E-state index contributed by atoms with van der Waals surface area (Å²) in [4.78, 5) is 25.0. The lowest BCUT2D eigenvalue weighted by Gasteiger charge is -2.30. The molecule has 1 aliphatic rings. The van der Waals surface area contributed by atoms with Gasteiger partial charge in [-0.05, 0) is 48.3 Å². The molecule has 6 heteroatoms. The fourth-order valence-corrected chi connectivity index (χ4v) is 3.86. The van der Waals surface area contributed by atoms with Crippen molar-refractivity contribution in [3.63, 3.8) is 0 Å². The van der Waals surface area contributed by atoms with E-state index in [4.69, 9.17) is 16.3 Å². The fraction of sp³-hybridized carbons (Fsp3) is 0.619. The molecule has 1 amide bonds. The van der Waals surface area contributed by atoms with Crippen LogP contribution in [0.3, 0.4) is 0 Å². The first-order chi connectivity index (χ1) is 12.6. The maximum Gasteiger partial charge on any atom is 0.249 e. The van der Waals surface area contributed by atoms with Crippen molar-refractivity contribution in [1.82, 2.24) is 5.32 Å². The van der Waals surface area contributed by atoms with Gasteiger partial charge in [-0.2, -0.15) is 0 Å². The van der Waals surface area contributed by atoms with Crippen LogP contribution < -0.4 is 5.32 Å². The van der Waals surface area contributed by atoms with Crippen LogP contribution in [0.15, 0.2) is 18.2 Å². The molecule has 0 aromatic heterocycles. The molecule has 1 aliphatic heterocycles. The van der Waals surface area contributed by atoms with E-state index >= 15 is 0 Å². The lowest BCUT2D eigenvalue weighted by atomic mass is 9.84. The van der Waals surface area contributed by atoms with Crippen LogP contribution in [0, 0.1) is 5.92 Å². The van der Waals surface area contributed by atoms with Crippen molar-refractivity contribution < 1.29 is 19.4 Å². The SMILES string of the molecule is C[C@H](O)C(=O)N[C@@H](C(=O)Cc1ccc(C(C)(C)C)c(Cl)c1)C1CCOCC1. The Morgan fingerprint density at radius 1 is 1.30 bits per heavy atom. The van der Waals surface area contributed by atoms with Crippen molar-refractivity contribution in [1.29, 1.82) is 0 Å². The van der Waals surface area contributed by atoms with Gasteiger partial charge in [-0.1, -0.05) is 44.5 Å². The van der Waals surface area contributed by atoms with E-state index in [2.05, 4.69) is 26.1 Å². The van der Waals surface area contributed by atoms with Crippen LogP contribution in [-0.4, -0.2) is 42.2 Å². The molecule has 0 aliphatic carbocycles. The molecule has 2 rings (SSSR count). The summed E-state index contributed by atoms with van der Waals surface area (Å²) in [5, 5.41) is 12.9. The van der Waals surface area contributed by atoms with Gasteiger partial charge in [-0.25, -0.2) is 0 Å². The van der Waals surface area contributed by atoms with Crippen molar-refractivity contribution in [2.45, 2.75) is 64.5 Å². The first-order valence-corrected chi connectivity index (χ1v) is 9.85. The van der Waals surface area contributed by atoms with Gasteiger partial charge in [0.2, 0.25) is 5.91 Å². The van der Waals surface area contributed by atoms with E-state index in [1.165, 1.54) is 6.92 Å². The van der Waals surface area contributed by atoms with Gasteiger partial charge in [-0.3, -0.25) is 9.59 Å². The van der Waals surface area contributed by atoms with Crippen LogP contribution >= 0.6 is 11.6 Å². The van der Waals surface area contributed by atoms with Crippen molar-refractivity contribution in [2.75, 3.05) is 13.2 Å². The van der Waals surface area contributed by atoms with Gasteiger partial charge in [-0.15, -0.1) is 0 Å². The molecule has 0 radical (unpaired) electrons. The summed E-state index contributed by atoms with van der Waals surface area (Å²) in [5.74, 6) is -0.588. The molecule has 1 aromatic rings. The largest absolute Gasteiger partial charge is 0.384 e. The number of aliphatic hydroxyl groups excluding tert-OH is 1. The number of aliphatic hydroxyl groups is 1. The number of halogens is 1. The highest BCUT2D eigenvalue weighted by Gasteiger charge is 2.32. The second kappa shape index (κ2) is 9.18. The van der Waals surface area contributed by atoms with E-state index in [-0.39, 0.29) is 23.5 Å². The summed E-state index contributed by atoms with van der Waals surface area (Å²) >= 11 is 6.42. The number of Topliss-reactive ketones (excluding diaryl/α,β-unsaturated/α-hetero) is 1. The zero-order chi connectivity index (χ0) is 20.2. The number of ether oxygens (including phenoxy) is 1. The van der Waals surface area contributed by atoms with Crippen LogP contribution in [0.5, 0.6) is 0 Å². The van der Waals surface area contributed by atoms with Gasteiger partial charge in [0.15, 0.2) is 5.78 Å². The van der Waals surface area contributed by atoms with E-state index in [0.29, 0.717) is 31.1 Å². The van der Waals surface area contributed by atoms with Crippen LogP contribution in [0.25, 0.3) is 0 Å². The summed E-state index contributed by atoms with van der Waals surface area (Å²) in [5.41, 5.74) is 1.78. The second-order valence-electron chi connectivity index (χ2n) is 8.32. The molecule has 0 spiro atoms. The third-order valence-corrected chi connectivity index (χ3v) is 5.29. The monoisotopic (exact) mass is 395 g/mol. The zero-order valence-corrected chi connectivity index (χ0v) is 17.3. The summed E-state index contributed by atoms with van der Waals surface area (Å²) in [6, 6.07) is 5.08. The lowest BCUT2D eigenvalue weighted by molar-refractivity contribution is -0.134. The number of carbonyl (C=O) groups excluding carboxylic acids is 2. The van der Waals surface area contributed by atoms with Gasteiger partial charge in [0.25, 0.3) is 0 Å². The van der Waals surface area contributed by atoms with Gasteiger partial charge >= 0.3 is 0 Å². The summed E-state index contributed by atoms with van der Waals surface area (Å²) in [6.07, 6.45) is 0.452. The van der Waals surface area contributed by atoms with Gasteiger partial charge in [0.1, 0.15) is 6.10 Å². The number of nitrogens with one attached hydrogen (secondary N) is 1. The van der Waals surface area contributed by atoms with Crippen molar-refractivity contribution in [2.24, 2.45) is 5.92 Å². The maximum atomic E-state index is 13.0. The molecule has 0 bridgehead atoms. The van der Waals surface area contributed by atoms with E-state index in [9.17, 15) is 14.7 Å². The van der Waals surface area contributed by atoms with E-state index in [1.54, 1.807) is 0 Å². The number of hydrogen-bond donors (Lipinski definition) is 2. The van der Waals surface area contributed by atoms with Crippen LogP contribution in [0.4, 0.5) is 0 Å². The highest BCUT2D eigenvalue weighted by molar-refractivity contribution is 6.31. The zero-order valence-electron chi connectivity index (χ0n) is 16.5. The molecule has 0 saturated carbocycles. The predicted octanol–water partition coefficient (Wildman–Crippen LogP) is 3.04. The standard InChI is InChI=1S/C21H30ClNO4/c1-13(24)20(26)23-19(15-7-9-27-10-8-15)18(25)12-14-5-6-16(17(22)11-14)21(2,3)4/h5-6,11,13,15,19,24H,7-10,12H2,1-4H3,(H,23,26)/t13-,19+/m0/s1. The number of amides is 1. The molecule has 2 N–H and O–H groups in total. The molecule has 150 valence electrons. The Kier molecular flexibility index (Phi) is 7.43. The molecule has 0 unspecified atom stereocenters. The molecule has 1 saturated heterocycles. The average molecular weight is 396 g/mol. The Labute approximate surface area is 166 Å². The maximum absolute atomic E-state index is 13.0. The van der Waals surface area contributed by atoms with Crippen molar-refractivity contribution in [3.8, 4) is 0 Å². The van der Waals surface area contributed by atoms with Crippen molar-refractivity contribution >= 4 is 23.3 Å². The smallest absolute Gasteiger partial charge is 0.249 e. The molecule has 1 heterocycles. The molecule has 1 aromatic carbocycles. The Bertz CT molecular complexity index is 675. The van der Waals surface area contributed by atoms with E-state index in [1.807, 2.05) is 18.2 Å². The minimum atomic E-state index is -1.15. The normalized spacial score (nSPS) is 18.0. The van der Waals surface area contributed by atoms with Crippen LogP contribution in [0.1, 0.15) is 51.7 Å². The molecule has 27 heavy (non-hydrogen) atoms. The van der Waals surface area contributed by atoms with Gasteiger partial charge < -0.3 is 15.2 Å². The Morgan fingerprint density at radius 2 is 1.93 bits per heavy atom. The van der Waals surface area contributed by atoms with Crippen LogP contribution in [-0.2, 0) is 26.2 Å². The molecular formula is C21H30ClNO4. The second-order valence-corrected chi connectivity index (χ2v) is 8.73. The topological polar surface area (TPSA) is 75.6 Å². The minimum Gasteiger partial charge on any atom is -0.384 e. The van der Waals surface area contributed by atoms with Crippen molar-refractivity contribution in [3.05, 3.63) is 34.3 Å². The number of ketones is 1. The van der Waals surface area contributed by atoms with E-state index in [0.717, 1.165) is 11.1 Å². The Hall–Kier alpha value is -1.43. The van der Waals surface area contributed by atoms with Crippen LogP contribution in [0.2, 0.25) is 5.02 Å². The number of rotatable bonds is 6. The molecule has 5 nitrogen and oxygen atoms in total. The highest BCUT2D eigenvalue weighted by Crippen LogP contribution is 2.30. The third kappa shape index (κ3) is 6.03. The van der Waals surface area contributed by atoms with E-state index < -0.39 is 18.1 Å². The fourth-order valence-electron chi connectivity index (χ4n) is 3.37. The number of benzene rings is 1.